The number of carboxylic acid groups (broad SMARTS) is 1. The summed E-state index contributed by atoms with van der Waals surface area (Å²) in [5.41, 5.74) is 2.08. The van der Waals surface area contributed by atoms with E-state index in [9.17, 15) is 14.4 Å². The second kappa shape index (κ2) is 12.7. The van der Waals surface area contributed by atoms with Crippen LogP contribution in [0.15, 0.2) is 71.7 Å². The lowest BCUT2D eigenvalue weighted by Crippen LogP contribution is -2.46. The van der Waals surface area contributed by atoms with Gasteiger partial charge < -0.3 is 19.9 Å². The topological polar surface area (TPSA) is 118 Å². The van der Waals surface area contributed by atoms with Gasteiger partial charge in [0, 0.05) is 23.7 Å². The van der Waals surface area contributed by atoms with Crippen molar-refractivity contribution in [2.45, 2.75) is 18.1 Å². The zero-order valence-corrected chi connectivity index (χ0v) is 22.8. The van der Waals surface area contributed by atoms with Crippen LogP contribution in [0.5, 0.6) is 11.5 Å². The molecule has 0 aromatic heterocycles. The Balaban J connectivity index is 1.54. The van der Waals surface area contributed by atoms with E-state index in [1.807, 2.05) is 18.2 Å². The number of hydrogen-bond donors (Lipinski definition) is 2. The number of amides is 2. The van der Waals surface area contributed by atoms with Gasteiger partial charge in [0.2, 0.25) is 11.8 Å². The fourth-order valence-corrected chi connectivity index (χ4v) is 5.13. The number of carbonyl (C=O) groups excluding carboxylic acids is 2. The highest BCUT2D eigenvalue weighted by atomic mass is 35.5. The average molecular weight is 568 g/mol. The second-order valence-electron chi connectivity index (χ2n) is 8.54. The van der Waals surface area contributed by atoms with Gasteiger partial charge in [-0.15, -0.1) is 0 Å². The summed E-state index contributed by atoms with van der Waals surface area (Å²) in [6, 6.07) is 18.3. The molecule has 3 aromatic rings. The normalized spacial score (nSPS) is 16.2. The van der Waals surface area contributed by atoms with Gasteiger partial charge in [-0.05, 0) is 72.6 Å². The van der Waals surface area contributed by atoms with Gasteiger partial charge in [0.15, 0.2) is 16.7 Å². The van der Waals surface area contributed by atoms with Crippen LogP contribution in [0.25, 0.3) is 0 Å². The smallest absolute Gasteiger partial charge is 0.335 e. The molecule has 0 spiro atoms. The number of carbonyl (C=O) groups is 3. The van der Waals surface area contributed by atoms with Gasteiger partial charge in [0.05, 0.1) is 25.5 Å². The third-order valence-electron chi connectivity index (χ3n) is 5.95. The molecule has 0 unspecified atom stereocenters. The Labute approximate surface area is 234 Å². The van der Waals surface area contributed by atoms with E-state index in [4.69, 9.17) is 26.2 Å². The number of ether oxygens (including phenoxy) is 2. The van der Waals surface area contributed by atoms with E-state index in [1.54, 1.807) is 43.4 Å². The number of rotatable bonds is 9. The Hall–Kier alpha value is -4.02. The summed E-state index contributed by atoms with van der Waals surface area (Å²) in [5.74, 6) is -0.458. The molecule has 1 aliphatic heterocycles. The molecule has 1 heterocycles. The van der Waals surface area contributed by atoms with Crippen molar-refractivity contribution in [3.8, 4) is 11.5 Å². The molecule has 0 aliphatic carbocycles. The lowest BCUT2D eigenvalue weighted by molar-refractivity contribution is -0.129. The molecule has 2 N–H and O–H groups in total. The standard InChI is InChI=1S/C28H26ClN3O6S/c1-37-22-12-3-17(15-23(22)38-2)13-14-32-25(33)16-24(39-28(32)31-21-10-6-19(29)7-11-21)26(34)30-20-8-4-18(5-9-20)27(35)36/h3-12,15,24H,13-14,16H2,1-2H3,(H,30,34)(H,35,36)/t24-/m0/s1. The Morgan fingerprint density at radius 2 is 1.74 bits per heavy atom. The van der Waals surface area contributed by atoms with Crippen molar-refractivity contribution in [3.63, 3.8) is 0 Å². The quantitative estimate of drug-likeness (QED) is 0.362. The van der Waals surface area contributed by atoms with Gasteiger partial charge in [-0.1, -0.05) is 29.4 Å². The molecule has 2 amide bonds. The van der Waals surface area contributed by atoms with Crippen molar-refractivity contribution in [2.24, 2.45) is 4.99 Å². The maximum absolute atomic E-state index is 13.3. The molecule has 1 fully saturated rings. The number of amidine groups is 1. The highest BCUT2D eigenvalue weighted by Gasteiger charge is 2.36. The van der Waals surface area contributed by atoms with Gasteiger partial charge in [-0.25, -0.2) is 9.79 Å². The molecular weight excluding hydrogens is 542 g/mol. The summed E-state index contributed by atoms with van der Waals surface area (Å²) in [5, 5.41) is 12.1. The minimum Gasteiger partial charge on any atom is -0.493 e. The summed E-state index contributed by atoms with van der Waals surface area (Å²) < 4.78 is 10.7. The van der Waals surface area contributed by atoms with Gasteiger partial charge >= 0.3 is 5.97 Å². The van der Waals surface area contributed by atoms with E-state index >= 15 is 0 Å². The van der Waals surface area contributed by atoms with Gasteiger partial charge in [0.1, 0.15) is 5.25 Å². The van der Waals surface area contributed by atoms with Gasteiger partial charge in [-0.2, -0.15) is 0 Å². The van der Waals surface area contributed by atoms with Crippen LogP contribution < -0.4 is 14.8 Å². The van der Waals surface area contributed by atoms with Crippen molar-refractivity contribution >= 4 is 57.7 Å². The number of aliphatic imine (C=N–C) groups is 1. The number of aromatic carboxylic acids is 1. The van der Waals surface area contributed by atoms with Crippen LogP contribution in [0.2, 0.25) is 5.02 Å². The molecule has 39 heavy (non-hydrogen) atoms. The molecule has 3 aromatic carbocycles. The number of carboxylic acids is 1. The number of nitrogens with zero attached hydrogens (tertiary/aromatic N) is 2. The maximum atomic E-state index is 13.3. The molecule has 9 nitrogen and oxygen atoms in total. The number of hydrogen-bond acceptors (Lipinski definition) is 7. The lowest BCUT2D eigenvalue weighted by atomic mass is 10.1. The average Bonchev–Trinajstić information content (AvgIpc) is 2.93. The predicted octanol–water partition coefficient (Wildman–Crippen LogP) is 5.26. The van der Waals surface area contributed by atoms with Crippen LogP contribution in [0, 0.1) is 0 Å². The summed E-state index contributed by atoms with van der Waals surface area (Å²) in [6.07, 6.45) is 0.508. The fourth-order valence-electron chi connectivity index (χ4n) is 3.88. The molecule has 1 atom stereocenters. The van der Waals surface area contributed by atoms with Crippen LogP contribution in [0.4, 0.5) is 11.4 Å². The van der Waals surface area contributed by atoms with Crippen LogP contribution >= 0.6 is 23.4 Å². The first kappa shape index (κ1) is 28.0. The second-order valence-corrected chi connectivity index (χ2v) is 10.1. The van der Waals surface area contributed by atoms with Gasteiger partial charge in [-0.3, -0.25) is 14.5 Å². The first-order chi connectivity index (χ1) is 18.8. The third-order valence-corrected chi connectivity index (χ3v) is 7.39. The van der Waals surface area contributed by atoms with Crippen molar-refractivity contribution < 1.29 is 29.0 Å². The Bertz CT molecular complexity index is 1400. The predicted molar refractivity (Wildman–Crippen MR) is 152 cm³/mol. The van der Waals surface area contributed by atoms with Crippen molar-refractivity contribution in [3.05, 3.63) is 82.9 Å². The number of anilines is 1. The first-order valence-corrected chi connectivity index (χ1v) is 13.2. The van der Waals surface area contributed by atoms with Crippen LogP contribution in [-0.2, 0) is 16.0 Å². The number of methoxy groups -OCH3 is 2. The minimum atomic E-state index is -1.06. The monoisotopic (exact) mass is 567 g/mol. The number of benzene rings is 3. The first-order valence-electron chi connectivity index (χ1n) is 11.9. The van der Waals surface area contributed by atoms with Crippen molar-refractivity contribution in [1.29, 1.82) is 0 Å². The van der Waals surface area contributed by atoms with Crippen LogP contribution in [0.1, 0.15) is 22.3 Å². The summed E-state index contributed by atoms with van der Waals surface area (Å²) >= 11 is 7.21. The Morgan fingerprint density at radius 1 is 1.05 bits per heavy atom. The highest BCUT2D eigenvalue weighted by Crippen LogP contribution is 2.32. The van der Waals surface area contributed by atoms with Crippen LogP contribution in [-0.4, -0.2) is 59.0 Å². The Kier molecular flexibility index (Phi) is 9.11. The van der Waals surface area contributed by atoms with Crippen molar-refractivity contribution in [2.75, 3.05) is 26.1 Å². The number of halogens is 1. The molecule has 1 saturated heterocycles. The van der Waals surface area contributed by atoms with E-state index in [1.165, 1.54) is 36.0 Å². The zero-order valence-electron chi connectivity index (χ0n) is 21.2. The molecule has 0 bridgehead atoms. The molecule has 0 saturated carbocycles. The number of thioether (sulfide) groups is 1. The zero-order chi connectivity index (χ0) is 27.9. The minimum absolute atomic E-state index is 0.0186. The molecule has 11 heteroatoms. The third kappa shape index (κ3) is 7.10. The Morgan fingerprint density at radius 3 is 2.38 bits per heavy atom. The van der Waals surface area contributed by atoms with E-state index in [0.717, 1.165) is 5.56 Å². The van der Waals surface area contributed by atoms with E-state index in [0.29, 0.717) is 46.0 Å². The van der Waals surface area contributed by atoms with Crippen molar-refractivity contribution in [1.82, 2.24) is 4.90 Å². The molecule has 0 radical (unpaired) electrons. The van der Waals surface area contributed by atoms with Crippen LogP contribution in [0.3, 0.4) is 0 Å². The maximum Gasteiger partial charge on any atom is 0.335 e. The molecule has 1 aliphatic rings. The number of nitrogens with one attached hydrogen (secondary N) is 1. The summed E-state index contributed by atoms with van der Waals surface area (Å²) in [4.78, 5) is 43.7. The molecular formula is C28H26ClN3O6S. The SMILES string of the molecule is COc1ccc(CCN2C(=O)C[C@@H](C(=O)Nc3ccc(C(=O)O)cc3)SC2=Nc2ccc(Cl)cc2)cc1OC. The molecule has 4 rings (SSSR count). The van der Waals surface area contributed by atoms with E-state index in [-0.39, 0.29) is 23.8 Å². The molecule has 202 valence electrons. The lowest BCUT2D eigenvalue weighted by Gasteiger charge is -2.32. The summed E-state index contributed by atoms with van der Waals surface area (Å²) in [7, 11) is 3.13. The highest BCUT2D eigenvalue weighted by molar-refractivity contribution is 8.15. The fraction of sp³-hybridized carbons (Fsp3) is 0.214. The van der Waals surface area contributed by atoms with E-state index < -0.39 is 11.2 Å². The largest absolute Gasteiger partial charge is 0.493 e. The van der Waals surface area contributed by atoms with Gasteiger partial charge in [0.25, 0.3) is 0 Å². The van der Waals surface area contributed by atoms with E-state index in [2.05, 4.69) is 10.3 Å². The summed E-state index contributed by atoms with van der Waals surface area (Å²) in [6.45, 7) is 0.346.